The minimum Gasteiger partial charge on any atom is -0.497 e. The Bertz CT molecular complexity index is 722. The SMILES string of the molecule is COc1cccc(C(=O)NCC2CCC(C(c3cccs3)N(C)C)CC2)c1. The second-order valence-electron chi connectivity index (χ2n) is 7.65. The van der Waals surface area contributed by atoms with Crippen LogP contribution in [0.25, 0.3) is 0 Å². The predicted molar refractivity (Wildman–Crippen MR) is 112 cm³/mol. The maximum absolute atomic E-state index is 12.4. The number of carbonyl (C=O) groups is 1. The average molecular weight is 387 g/mol. The molecule has 1 aromatic heterocycles. The molecule has 0 radical (unpaired) electrons. The molecule has 3 rings (SSSR count). The number of hydrogen-bond donors (Lipinski definition) is 1. The number of nitrogens with one attached hydrogen (secondary N) is 1. The molecule has 4 nitrogen and oxygen atoms in total. The monoisotopic (exact) mass is 386 g/mol. The standard InChI is InChI=1S/C22H30N2O2S/c1-24(2)21(20-8-5-13-27-20)17-11-9-16(10-12-17)15-23-22(25)18-6-4-7-19(14-18)26-3/h4-8,13-14,16-17,21H,9-12,15H2,1-3H3,(H,23,25). The van der Waals surface area contributed by atoms with Gasteiger partial charge in [0.25, 0.3) is 5.91 Å². The lowest BCUT2D eigenvalue weighted by Crippen LogP contribution is -2.34. The number of thiophene rings is 1. The van der Waals surface area contributed by atoms with Gasteiger partial charge in [-0.05, 0) is 81.3 Å². The van der Waals surface area contributed by atoms with Gasteiger partial charge in [0.15, 0.2) is 0 Å². The van der Waals surface area contributed by atoms with Crippen molar-refractivity contribution in [1.82, 2.24) is 10.2 Å². The van der Waals surface area contributed by atoms with Gasteiger partial charge in [0.05, 0.1) is 7.11 Å². The molecule has 1 unspecified atom stereocenters. The Morgan fingerprint density at radius 2 is 2.00 bits per heavy atom. The first-order valence-corrected chi connectivity index (χ1v) is 10.6. The van der Waals surface area contributed by atoms with Crippen molar-refractivity contribution in [2.24, 2.45) is 11.8 Å². The topological polar surface area (TPSA) is 41.6 Å². The van der Waals surface area contributed by atoms with Crippen molar-refractivity contribution in [3.05, 3.63) is 52.2 Å². The molecule has 0 saturated heterocycles. The number of amides is 1. The predicted octanol–water partition coefficient (Wildman–Crippen LogP) is 4.60. The van der Waals surface area contributed by atoms with E-state index in [-0.39, 0.29) is 5.91 Å². The lowest BCUT2D eigenvalue weighted by Gasteiger charge is -2.37. The summed E-state index contributed by atoms with van der Waals surface area (Å²) in [4.78, 5) is 16.2. The molecule has 1 atom stereocenters. The van der Waals surface area contributed by atoms with Crippen molar-refractivity contribution in [3.63, 3.8) is 0 Å². The van der Waals surface area contributed by atoms with Crippen LogP contribution in [-0.4, -0.2) is 38.6 Å². The fourth-order valence-corrected chi connectivity index (χ4v) is 5.19. The molecule has 1 saturated carbocycles. The number of rotatable bonds is 7. The Kier molecular flexibility index (Phi) is 6.91. The first-order chi connectivity index (χ1) is 13.1. The van der Waals surface area contributed by atoms with Gasteiger partial charge < -0.3 is 15.0 Å². The highest BCUT2D eigenvalue weighted by Crippen LogP contribution is 2.40. The van der Waals surface area contributed by atoms with Crippen molar-refractivity contribution in [1.29, 1.82) is 0 Å². The Balaban J connectivity index is 1.50. The lowest BCUT2D eigenvalue weighted by atomic mass is 9.77. The molecule has 1 amide bonds. The van der Waals surface area contributed by atoms with Crippen LogP contribution in [0.5, 0.6) is 5.75 Å². The number of benzene rings is 1. The number of hydrogen-bond acceptors (Lipinski definition) is 4. The molecule has 1 aliphatic rings. The fraction of sp³-hybridized carbons (Fsp3) is 0.500. The average Bonchev–Trinajstić information content (AvgIpc) is 3.21. The third-order valence-corrected chi connectivity index (χ3v) is 6.56. The maximum Gasteiger partial charge on any atom is 0.251 e. The van der Waals surface area contributed by atoms with E-state index in [1.165, 1.54) is 30.6 Å². The van der Waals surface area contributed by atoms with E-state index in [1.54, 1.807) is 13.2 Å². The number of nitrogens with zero attached hydrogens (tertiary/aromatic N) is 1. The van der Waals surface area contributed by atoms with Crippen molar-refractivity contribution < 1.29 is 9.53 Å². The third kappa shape index (κ3) is 5.11. The maximum atomic E-state index is 12.4. The van der Waals surface area contributed by atoms with Gasteiger partial charge in [-0.15, -0.1) is 11.3 Å². The summed E-state index contributed by atoms with van der Waals surface area (Å²) in [6.07, 6.45) is 4.80. The molecule has 27 heavy (non-hydrogen) atoms. The van der Waals surface area contributed by atoms with E-state index >= 15 is 0 Å². The van der Waals surface area contributed by atoms with Crippen LogP contribution < -0.4 is 10.1 Å². The van der Waals surface area contributed by atoms with E-state index in [1.807, 2.05) is 29.5 Å². The van der Waals surface area contributed by atoms with Crippen LogP contribution in [0.2, 0.25) is 0 Å². The van der Waals surface area contributed by atoms with E-state index in [9.17, 15) is 4.79 Å². The molecule has 0 aliphatic heterocycles. The van der Waals surface area contributed by atoms with E-state index < -0.39 is 0 Å². The van der Waals surface area contributed by atoms with Crippen LogP contribution in [0.1, 0.15) is 47.0 Å². The molecule has 0 spiro atoms. The summed E-state index contributed by atoms with van der Waals surface area (Å²) in [6.45, 7) is 0.758. The highest BCUT2D eigenvalue weighted by atomic mass is 32.1. The molecule has 146 valence electrons. The number of ether oxygens (including phenoxy) is 1. The molecular formula is C22H30N2O2S. The van der Waals surface area contributed by atoms with Crippen molar-refractivity contribution >= 4 is 17.2 Å². The molecule has 0 bridgehead atoms. The van der Waals surface area contributed by atoms with Gasteiger partial charge in [0.2, 0.25) is 0 Å². The van der Waals surface area contributed by atoms with Crippen LogP contribution in [0, 0.1) is 11.8 Å². The summed E-state index contributed by atoms with van der Waals surface area (Å²) < 4.78 is 5.20. The number of carbonyl (C=O) groups excluding carboxylic acids is 1. The molecule has 1 heterocycles. The van der Waals surface area contributed by atoms with Crippen LogP contribution in [0.4, 0.5) is 0 Å². The van der Waals surface area contributed by atoms with E-state index in [4.69, 9.17) is 4.74 Å². The molecule has 2 aromatic rings. The molecule has 1 N–H and O–H groups in total. The zero-order valence-electron chi connectivity index (χ0n) is 16.5. The second-order valence-corrected chi connectivity index (χ2v) is 8.63. The van der Waals surface area contributed by atoms with Gasteiger partial charge in [0.1, 0.15) is 5.75 Å². The Morgan fingerprint density at radius 1 is 1.22 bits per heavy atom. The molecule has 1 aliphatic carbocycles. The smallest absolute Gasteiger partial charge is 0.251 e. The first kappa shape index (κ1) is 19.9. The molecular weight excluding hydrogens is 356 g/mol. The van der Waals surface area contributed by atoms with Gasteiger partial charge in [-0.3, -0.25) is 4.79 Å². The summed E-state index contributed by atoms with van der Waals surface area (Å²) >= 11 is 1.86. The Morgan fingerprint density at radius 3 is 2.63 bits per heavy atom. The number of methoxy groups -OCH3 is 1. The summed E-state index contributed by atoms with van der Waals surface area (Å²) in [5, 5.41) is 5.28. The quantitative estimate of drug-likeness (QED) is 0.756. The van der Waals surface area contributed by atoms with E-state index in [0.29, 0.717) is 29.2 Å². The highest BCUT2D eigenvalue weighted by molar-refractivity contribution is 7.10. The Labute approximate surface area is 166 Å². The normalized spacial score (nSPS) is 21.0. The summed E-state index contributed by atoms with van der Waals surface area (Å²) in [6, 6.07) is 12.2. The zero-order chi connectivity index (χ0) is 19.2. The summed E-state index contributed by atoms with van der Waals surface area (Å²) in [5.41, 5.74) is 0.661. The first-order valence-electron chi connectivity index (χ1n) is 9.70. The zero-order valence-corrected chi connectivity index (χ0v) is 17.3. The Hall–Kier alpha value is -1.85. The van der Waals surface area contributed by atoms with Gasteiger partial charge in [-0.2, -0.15) is 0 Å². The fourth-order valence-electron chi connectivity index (χ4n) is 4.18. The van der Waals surface area contributed by atoms with E-state index in [2.05, 4.69) is 41.8 Å². The minimum atomic E-state index is -0.0132. The van der Waals surface area contributed by atoms with Gasteiger partial charge in [-0.1, -0.05) is 12.1 Å². The highest BCUT2D eigenvalue weighted by Gasteiger charge is 2.30. The molecule has 1 aromatic carbocycles. The van der Waals surface area contributed by atoms with Crippen molar-refractivity contribution in [2.45, 2.75) is 31.7 Å². The minimum absolute atomic E-state index is 0.0132. The lowest BCUT2D eigenvalue weighted by molar-refractivity contribution is 0.0934. The molecule has 5 heteroatoms. The van der Waals surface area contributed by atoms with Gasteiger partial charge >= 0.3 is 0 Å². The van der Waals surface area contributed by atoms with Crippen LogP contribution >= 0.6 is 11.3 Å². The second kappa shape index (κ2) is 9.38. The van der Waals surface area contributed by atoms with Crippen molar-refractivity contribution in [2.75, 3.05) is 27.7 Å². The summed E-state index contributed by atoms with van der Waals surface area (Å²) in [7, 11) is 5.99. The van der Waals surface area contributed by atoms with Crippen LogP contribution in [0.3, 0.4) is 0 Å². The van der Waals surface area contributed by atoms with Crippen LogP contribution in [-0.2, 0) is 0 Å². The van der Waals surface area contributed by atoms with E-state index in [0.717, 1.165) is 6.54 Å². The van der Waals surface area contributed by atoms with Crippen LogP contribution in [0.15, 0.2) is 41.8 Å². The van der Waals surface area contributed by atoms with Gasteiger partial charge in [-0.25, -0.2) is 0 Å². The summed E-state index contributed by atoms with van der Waals surface area (Å²) in [5.74, 6) is 1.97. The largest absolute Gasteiger partial charge is 0.497 e. The van der Waals surface area contributed by atoms with Gasteiger partial charge in [0, 0.05) is 23.0 Å². The van der Waals surface area contributed by atoms with Crippen molar-refractivity contribution in [3.8, 4) is 5.75 Å². The molecule has 1 fully saturated rings. The third-order valence-electron chi connectivity index (χ3n) is 5.61.